The Morgan fingerprint density at radius 2 is 2.36 bits per heavy atom. The molecule has 0 atom stereocenters. The van der Waals surface area contributed by atoms with Crippen LogP contribution in [0.15, 0.2) is 0 Å². The average Bonchev–Trinajstić information content (AvgIpc) is 2.03. The molecule has 0 aliphatic carbocycles. The largest absolute Gasteiger partial charge is 0.385 e. The molecule has 2 amide bonds. The molecule has 0 rings (SSSR count). The van der Waals surface area contributed by atoms with Crippen molar-refractivity contribution in [1.29, 1.82) is 0 Å². The lowest BCUT2D eigenvalue weighted by Gasteiger charge is -2.15. The first-order valence-corrected chi connectivity index (χ1v) is 3.43. The number of carbonyl (C=O) groups excluding carboxylic acids is 1. The summed E-state index contributed by atoms with van der Waals surface area (Å²) in [7, 11) is 3.31. The number of carbonyl (C=O) groups is 1. The topological polar surface area (TPSA) is 67.6 Å². The average molecular weight is 161 g/mol. The van der Waals surface area contributed by atoms with Crippen molar-refractivity contribution in [3.8, 4) is 0 Å². The lowest BCUT2D eigenvalue weighted by atomic mass is 10.4. The fraction of sp³-hybridized carbons (Fsp3) is 0.833. The molecule has 5 heteroatoms. The Labute approximate surface area is 66.5 Å². The van der Waals surface area contributed by atoms with Crippen molar-refractivity contribution < 1.29 is 9.53 Å². The Morgan fingerprint density at radius 3 is 2.82 bits per heavy atom. The van der Waals surface area contributed by atoms with Crippen molar-refractivity contribution in [2.75, 3.05) is 27.3 Å². The first-order chi connectivity index (χ1) is 5.22. The Hall–Kier alpha value is -0.810. The van der Waals surface area contributed by atoms with Gasteiger partial charge >= 0.3 is 6.03 Å². The minimum Gasteiger partial charge on any atom is -0.385 e. The van der Waals surface area contributed by atoms with Gasteiger partial charge in [0.25, 0.3) is 0 Å². The van der Waals surface area contributed by atoms with Crippen molar-refractivity contribution in [2.24, 2.45) is 5.84 Å². The maximum Gasteiger partial charge on any atom is 0.331 e. The van der Waals surface area contributed by atoms with E-state index in [1.54, 1.807) is 14.2 Å². The first kappa shape index (κ1) is 10.2. The van der Waals surface area contributed by atoms with E-state index < -0.39 is 0 Å². The number of hydrogen-bond acceptors (Lipinski definition) is 3. The summed E-state index contributed by atoms with van der Waals surface area (Å²) in [4.78, 5) is 12.3. The van der Waals surface area contributed by atoms with Gasteiger partial charge in [-0.3, -0.25) is 5.43 Å². The molecular weight excluding hydrogens is 146 g/mol. The van der Waals surface area contributed by atoms with Crippen LogP contribution in [0.1, 0.15) is 6.42 Å². The van der Waals surface area contributed by atoms with Crippen molar-refractivity contribution in [2.45, 2.75) is 6.42 Å². The van der Waals surface area contributed by atoms with E-state index in [1.165, 1.54) is 4.90 Å². The zero-order chi connectivity index (χ0) is 8.69. The van der Waals surface area contributed by atoms with E-state index in [2.05, 4.69) is 0 Å². The SMILES string of the molecule is COCCCN(C)C(=O)NN. The van der Waals surface area contributed by atoms with Crippen LogP contribution in [-0.4, -0.2) is 38.2 Å². The molecule has 66 valence electrons. The summed E-state index contributed by atoms with van der Waals surface area (Å²) in [5, 5.41) is 0. The summed E-state index contributed by atoms with van der Waals surface area (Å²) < 4.78 is 4.82. The zero-order valence-corrected chi connectivity index (χ0v) is 6.96. The van der Waals surface area contributed by atoms with Gasteiger partial charge in [-0.05, 0) is 6.42 Å². The molecule has 0 aliphatic heterocycles. The molecule has 0 fully saturated rings. The Morgan fingerprint density at radius 1 is 1.73 bits per heavy atom. The van der Waals surface area contributed by atoms with Crippen LogP contribution in [0.2, 0.25) is 0 Å². The van der Waals surface area contributed by atoms with Crippen LogP contribution in [0.5, 0.6) is 0 Å². The van der Waals surface area contributed by atoms with Gasteiger partial charge in [0.1, 0.15) is 0 Å². The molecule has 0 saturated carbocycles. The number of nitrogens with one attached hydrogen (secondary N) is 1. The van der Waals surface area contributed by atoms with Gasteiger partial charge in [0.15, 0.2) is 0 Å². The standard InChI is InChI=1S/C6H15N3O2/c1-9(6(10)8-7)4-3-5-11-2/h3-5,7H2,1-2H3,(H,8,10). The lowest BCUT2D eigenvalue weighted by Crippen LogP contribution is -2.41. The lowest BCUT2D eigenvalue weighted by molar-refractivity contribution is 0.175. The molecular formula is C6H15N3O2. The van der Waals surface area contributed by atoms with E-state index in [9.17, 15) is 4.79 Å². The number of hydrogen-bond donors (Lipinski definition) is 2. The monoisotopic (exact) mass is 161 g/mol. The molecule has 0 aromatic carbocycles. The fourth-order valence-electron chi connectivity index (χ4n) is 0.658. The number of nitrogens with two attached hydrogens (primary N) is 1. The normalized spacial score (nSPS) is 9.36. The maximum atomic E-state index is 10.8. The molecule has 0 saturated heterocycles. The van der Waals surface area contributed by atoms with Gasteiger partial charge in [0.05, 0.1) is 0 Å². The van der Waals surface area contributed by atoms with Crippen molar-refractivity contribution in [3.63, 3.8) is 0 Å². The van der Waals surface area contributed by atoms with Crippen LogP contribution in [0.25, 0.3) is 0 Å². The predicted octanol–water partition coefficient (Wildman–Crippen LogP) is -0.462. The molecule has 3 N–H and O–H groups in total. The summed E-state index contributed by atoms with van der Waals surface area (Å²) in [6.07, 6.45) is 0.820. The van der Waals surface area contributed by atoms with Crippen molar-refractivity contribution in [1.82, 2.24) is 10.3 Å². The third kappa shape index (κ3) is 4.58. The molecule has 0 aromatic rings. The highest BCUT2D eigenvalue weighted by Gasteiger charge is 2.03. The van der Waals surface area contributed by atoms with Crippen LogP contribution < -0.4 is 11.3 Å². The van der Waals surface area contributed by atoms with E-state index in [0.29, 0.717) is 13.2 Å². The summed E-state index contributed by atoms with van der Waals surface area (Å²) >= 11 is 0. The van der Waals surface area contributed by atoms with Crippen LogP contribution in [0.3, 0.4) is 0 Å². The van der Waals surface area contributed by atoms with Crippen molar-refractivity contribution in [3.05, 3.63) is 0 Å². The molecule has 0 aromatic heterocycles. The molecule has 5 nitrogen and oxygen atoms in total. The number of ether oxygens (including phenoxy) is 1. The number of hydrazine groups is 1. The zero-order valence-electron chi connectivity index (χ0n) is 6.96. The van der Waals surface area contributed by atoms with Crippen molar-refractivity contribution >= 4 is 6.03 Å². The predicted molar refractivity (Wildman–Crippen MR) is 41.8 cm³/mol. The van der Waals surface area contributed by atoms with Gasteiger partial charge < -0.3 is 9.64 Å². The minimum atomic E-state index is -0.277. The van der Waals surface area contributed by atoms with Gasteiger partial charge in [-0.2, -0.15) is 0 Å². The van der Waals surface area contributed by atoms with Gasteiger partial charge in [0, 0.05) is 27.3 Å². The highest BCUT2D eigenvalue weighted by atomic mass is 16.5. The van der Waals surface area contributed by atoms with Gasteiger partial charge in [-0.25, -0.2) is 10.6 Å². The number of urea groups is 1. The molecule has 0 bridgehead atoms. The Kier molecular flexibility index (Phi) is 5.50. The molecule has 11 heavy (non-hydrogen) atoms. The second kappa shape index (κ2) is 5.94. The first-order valence-electron chi connectivity index (χ1n) is 3.43. The minimum absolute atomic E-state index is 0.277. The third-order valence-electron chi connectivity index (χ3n) is 1.31. The van der Waals surface area contributed by atoms with E-state index >= 15 is 0 Å². The molecule has 0 radical (unpaired) electrons. The molecule has 0 unspecified atom stereocenters. The molecule has 0 aliphatic rings. The van der Waals surface area contributed by atoms with Gasteiger partial charge in [-0.15, -0.1) is 0 Å². The number of amides is 2. The van der Waals surface area contributed by atoms with Crippen LogP contribution in [0.4, 0.5) is 4.79 Å². The highest BCUT2D eigenvalue weighted by molar-refractivity contribution is 5.72. The summed E-state index contributed by atoms with van der Waals surface area (Å²) in [6, 6.07) is -0.277. The molecule has 0 spiro atoms. The second-order valence-electron chi connectivity index (χ2n) is 2.22. The highest BCUT2D eigenvalue weighted by Crippen LogP contribution is 1.87. The molecule has 0 heterocycles. The van der Waals surface area contributed by atoms with E-state index in [-0.39, 0.29) is 6.03 Å². The van der Waals surface area contributed by atoms with Crippen LogP contribution in [0, 0.1) is 0 Å². The fourth-order valence-corrected chi connectivity index (χ4v) is 0.658. The van der Waals surface area contributed by atoms with Crippen LogP contribution >= 0.6 is 0 Å². The second-order valence-corrected chi connectivity index (χ2v) is 2.22. The summed E-state index contributed by atoms with van der Waals surface area (Å²) in [5.74, 6) is 4.90. The number of nitrogens with zero attached hydrogens (tertiary/aromatic N) is 1. The maximum absolute atomic E-state index is 10.8. The Bertz CT molecular complexity index is 118. The van der Waals surface area contributed by atoms with E-state index in [4.69, 9.17) is 10.6 Å². The quantitative estimate of drug-likeness (QED) is 0.254. The Balaban J connectivity index is 3.36. The third-order valence-corrected chi connectivity index (χ3v) is 1.31. The smallest absolute Gasteiger partial charge is 0.331 e. The van der Waals surface area contributed by atoms with Crippen LogP contribution in [-0.2, 0) is 4.74 Å². The van der Waals surface area contributed by atoms with E-state index in [0.717, 1.165) is 6.42 Å². The number of rotatable bonds is 4. The summed E-state index contributed by atoms with van der Waals surface area (Å²) in [5.41, 5.74) is 2.04. The van der Waals surface area contributed by atoms with Gasteiger partial charge in [-0.1, -0.05) is 0 Å². The van der Waals surface area contributed by atoms with E-state index in [1.807, 2.05) is 5.43 Å². The number of methoxy groups -OCH3 is 1. The summed E-state index contributed by atoms with van der Waals surface area (Å²) in [6.45, 7) is 1.30. The van der Waals surface area contributed by atoms with Gasteiger partial charge in [0.2, 0.25) is 0 Å².